The van der Waals surface area contributed by atoms with Crippen molar-refractivity contribution < 1.29 is 5.11 Å². The van der Waals surface area contributed by atoms with E-state index < -0.39 is 6.10 Å². The molecule has 1 heterocycles. The lowest BCUT2D eigenvalue weighted by molar-refractivity contribution is 0.178. The topological polar surface area (TPSA) is 33.1 Å². The van der Waals surface area contributed by atoms with Crippen LogP contribution in [-0.4, -0.2) is 10.1 Å². The second-order valence-electron chi connectivity index (χ2n) is 4.94. The van der Waals surface area contributed by atoms with Crippen molar-refractivity contribution >= 4 is 27.3 Å². The molecule has 0 amide bonds. The second-order valence-corrected chi connectivity index (χ2v) is 7.02. The number of hydrogen-bond acceptors (Lipinski definition) is 3. The summed E-state index contributed by atoms with van der Waals surface area (Å²) in [6.45, 7) is 8.17. The van der Waals surface area contributed by atoms with Gasteiger partial charge in [-0.25, -0.2) is 4.98 Å². The fraction of sp³-hybridized carbons (Fsp3) is 0.400. The van der Waals surface area contributed by atoms with Gasteiger partial charge in [0.05, 0.1) is 16.8 Å². The van der Waals surface area contributed by atoms with Crippen molar-refractivity contribution in [2.75, 3.05) is 0 Å². The largest absolute Gasteiger partial charge is 0.388 e. The molecule has 1 unspecified atom stereocenters. The molecular weight excluding hydrogens is 322 g/mol. The van der Waals surface area contributed by atoms with Gasteiger partial charge in [-0.05, 0) is 44.4 Å². The Balaban J connectivity index is 2.22. The number of nitrogens with zero attached hydrogens (tertiary/aromatic N) is 1. The maximum Gasteiger partial charge on any atom is 0.0960 e. The Morgan fingerprint density at radius 2 is 1.79 bits per heavy atom. The quantitative estimate of drug-likeness (QED) is 0.897. The van der Waals surface area contributed by atoms with Gasteiger partial charge >= 0.3 is 0 Å². The minimum atomic E-state index is -0.490. The summed E-state index contributed by atoms with van der Waals surface area (Å²) >= 11 is 5.22. The molecule has 0 saturated carbocycles. The minimum Gasteiger partial charge on any atom is -0.388 e. The highest BCUT2D eigenvalue weighted by atomic mass is 79.9. The van der Waals surface area contributed by atoms with Gasteiger partial charge in [0, 0.05) is 15.8 Å². The van der Waals surface area contributed by atoms with E-state index in [9.17, 15) is 5.11 Å². The van der Waals surface area contributed by atoms with Gasteiger partial charge in [-0.15, -0.1) is 11.3 Å². The molecule has 2 aromatic rings. The number of thiazole rings is 1. The number of aromatic nitrogens is 1. The molecule has 1 aromatic heterocycles. The number of aliphatic hydroxyl groups excluding tert-OH is 1. The lowest BCUT2D eigenvalue weighted by Gasteiger charge is -2.13. The summed E-state index contributed by atoms with van der Waals surface area (Å²) in [6.07, 6.45) is 0.0929. The number of benzene rings is 1. The lowest BCUT2D eigenvalue weighted by Crippen LogP contribution is -2.03. The first-order chi connectivity index (χ1) is 8.88. The van der Waals surface area contributed by atoms with Crippen molar-refractivity contribution in [2.24, 2.45) is 0 Å². The molecule has 0 bridgehead atoms. The molecule has 0 aliphatic carbocycles. The Hall–Kier alpha value is -0.710. The highest BCUT2D eigenvalue weighted by Crippen LogP contribution is 2.28. The molecule has 0 saturated heterocycles. The first kappa shape index (κ1) is 14.7. The van der Waals surface area contributed by atoms with Crippen molar-refractivity contribution in [1.82, 2.24) is 4.98 Å². The van der Waals surface area contributed by atoms with Crippen LogP contribution in [0.2, 0.25) is 0 Å². The normalized spacial score (nSPS) is 12.7. The van der Waals surface area contributed by atoms with Crippen LogP contribution in [-0.2, 0) is 6.42 Å². The fourth-order valence-corrected chi connectivity index (χ4v) is 3.28. The van der Waals surface area contributed by atoms with Gasteiger partial charge in [0.1, 0.15) is 0 Å². The Bertz CT molecular complexity index is 564. The van der Waals surface area contributed by atoms with Crippen molar-refractivity contribution in [3.63, 3.8) is 0 Å². The van der Waals surface area contributed by atoms with Crippen LogP contribution in [0.25, 0.3) is 0 Å². The molecule has 1 N–H and O–H groups in total. The van der Waals surface area contributed by atoms with Gasteiger partial charge in [0.25, 0.3) is 0 Å². The first-order valence-corrected chi connectivity index (χ1v) is 7.87. The van der Waals surface area contributed by atoms with E-state index in [2.05, 4.69) is 27.8 Å². The van der Waals surface area contributed by atoms with Crippen LogP contribution in [0.15, 0.2) is 16.6 Å². The van der Waals surface area contributed by atoms with Crippen molar-refractivity contribution in [2.45, 2.75) is 40.2 Å². The highest BCUT2D eigenvalue weighted by Gasteiger charge is 2.14. The number of aliphatic hydroxyl groups is 1. The monoisotopic (exact) mass is 339 g/mol. The number of hydrogen-bond donors (Lipinski definition) is 1. The van der Waals surface area contributed by atoms with Gasteiger partial charge in [-0.1, -0.05) is 28.1 Å². The molecule has 2 rings (SSSR count). The summed E-state index contributed by atoms with van der Waals surface area (Å²) in [5.41, 5.74) is 4.33. The predicted molar refractivity (Wildman–Crippen MR) is 83.9 cm³/mol. The van der Waals surface area contributed by atoms with Crippen LogP contribution < -0.4 is 0 Å². The zero-order valence-electron chi connectivity index (χ0n) is 11.6. The summed E-state index contributed by atoms with van der Waals surface area (Å²) in [5, 5.41) is 11.4. The SMILES string of the molecule is Cc1cc(C(O)Cc2nc(C)c(C)s2)cc(C)c1Br. The van der Waals surface area contributed by atoms with Crippen molar-refractivity contribution in [3.05, 3.63) is 48.9 Å². The maximum absolute atomic E-state index is 10.4. The third-order valence-corrected chi connectivity index (χ3v) is 5.63. The molecule has 19 heavy (non-hydrogen) atoms. The molecule has 0 aliphatic rings. The Morgan fingerprint density at radius 3 is 2.26 bits per heavy atom. The van der Waals surface area contributed by atoms with Crippen molar-refractivity contribution in [1.29, 1.82) is 0 Å². The van der Waals surface area contributed by atoms with E-state index >= 15 is 0 Å². The van der Waals surface area contributed by atoms with E-state index in [-0.39, 0.29) is 0 Å². The Kier molecular flexibility index (Phi) is 4.43. The fourth-order valence-electron chi connectivity index (χ4n) is 2.08. The molecule has 4 heteroatoms. The highest BCUT2D eigenvalue weighted by molar-refractivity contribution is 9.10. The molecule has 0 spiro atoms. The number of halogens is 1. The Labute approximate surface area is 126 Å². The summed E-state index contributed by atoms with van der Waals surface area (Å²) in [4.78, 5) is 5.71. The van der Waals surface area contributed by atoms with E-state index in [0.717, 1.165) is 31.9 Å². The molecule has 0 radical (unpaired) electrons. The smallest absolute Gasteiger partial charge is 0.0960 e. The van der Waals surface area contributed by atoms with Gasteiger partial charge in [-0.3, -0.25) is 0 Å². The molecule has 1 atom stereocenters. The zero-order chi connectivity index (χ0) is 14.2. The Morgan fingerprint density at radius 1 is 1.21 bits per heavy atom. The van der Waals surface area contributed by atoms with Crippen LogP contribution in [0.3, 0.4) is 0 Å². The molecule has 0 fully saturated rings. The zero-order valence-corrected chi connectivity index (χ0v) is 14.0. The van der Waals surface area contributed by atoms with Crippen molar-refractivity contribution in [3.8, 4) is 0 Å². The van der Waals surface area contributed by atoms with Gasteiger partial charge in [0.15, 0.2) is 0 Å². The molecular formula is C15H18BrNOS. The van der Waals surface area contributed by atoms with E-state index in [1.54, 1.807) is 11.3 Å². The van der Waals surface area contributed by atoms with Crippen LogP contribution in [0.4, 0.5) is 0 Å². The van der Waals surface area contributed by atoms with Gasteiger partial charge in [-0.2, -0.15) is 0 Å². The van der Waals surface area contributed by atoms with Crippen LogP contribution in [0, 0.1) is 27.7 Å². The van der Waals surface area contributed by atoms with Crippen LogP contribution in [0.5, 0.6) is 0 Å². The molecule has 1 aromatic carbocycles. The average molecular weight is 340 g/mol. The predicted octanol–water partition coefficient (Wildman–Crippen LogP) is 4.42. The van der Waals surface area contributed by atoms with E-state index in [4.69, 9.17) is 0 Å². The van der Waals surface area contributed by atoms with Gasteiger partial charge in [0.2, 0.25) is 0 Å². The summed E-state index contributed by atoms with van der Waals surface area (Å²) in [5.74, 6) is 0. The summed E-state index contributed by atoms with van der Waals surface area (Å²) in [7, 11) is 0. The molecule has 102 valence electrons. The van der Waals surface area contributed by atoms with E-state index in [0.29, 0.717) is 6.42 Å². The molecule has 2 nitrogen and oxygen atoms in total. The standard InChI is InChI=1S/C15H18BrNOS/c1-8-5-12(6-9(2)15(8)16)13(18)7-14-17-10(3)11(4)19-14/h5-6,13,18H,7H2,1-4H3. The maximum atomic E-state index is 10.4. The summed E-state index contributed by atoms with van der Waals surface area (Å²) in [6, 6.07) is 4.07. The van der Waals surface area contributed by atoms with Crippen LogP contribution in [0.1, 0.15) is 38.4 Å². The van der Waals surface area contributed by atoms with E-state index in [1.807, 2.05) is 32.9 Å². The molecule has 0 aliphatic heterocycles. The third kappa shape index (κ3) is 3.25. The average Bonchev–Trinajstić information content (AvgIpc) is 2.64. The summed E-state index contributed by atoms with van der Waals surface area (Å²) < 4.78 is 1.12. The van der Waals surface area contributed by atoms with Gasteiger partial charge < -0.3 is 5.11 Å². The van der Waals surface area contributed by atoms with E-state index in [1.165, 1.54) is 4.88 Å². The first-order valence-electron chi connectivity index (χ1n) is 6.26. The van der Waals surface area contributed by atoms with Crippen LogP contribution >= 0.6 is 27.3 Å². The number of aryl methyl sites for hydroxylation is 4. The minimum absolute atomic E-state index is 0.490. The second kappa shape index (κ2) is 5.73. The number of rotatable bonds is 3. The lowest BCUT2D eigenvalue weighted by atomic mass is 10.0. The third-order valence-electron chi connectivity index (χ3n) is 3.28.